The van der Waals surface area contributed by atoms with Gasteiger partial charge in [0.1, 0.15) is 12.2 Å². The fourth-order valence-corrected chi connectivity index (χ4v) is 2.06. The van der Waals surface area contributed by atoms with Crippen LogP contribution < -0.4 is 0 Å². The minimum Gasteiger partial charge on any atom is -0.450 e. The Morgan fingerprint density at radius 3 is 1.64 bits per heavy atom. The molecule has 0 aromatic rings. The van der Waals surface area contributed by atoms with Crippen LogP contribution in [0.5, 0.6) is 0 Å². The maximum Gasteiger partial charge on any atom is 0.417 e. The van der Waals surface area contributed by atoms with Crippen molar-refractivity contribution in [3.05, 3.63) is 0 Å². The van der Waals surface area contributed by atoms with Gasteiger partial charge < -0.3 is 9.47 Å². The van der Waals surface area contributed by atoms with Crippen LogP contribution in [0.3, 0.4) is 0 Å². The number of rotatable bonds is 0. The van der Waals surface area contributed by atoms with Crippen LogP contribution in [0.15, 0.2) is 0 Å². The van der Waals surface area contributed by atoms with Crippen LogP contribution in [0, 0.1) is 0 Å². The molecule has 1 aliphatic heterocycles. The lowest BCUT2D eigenvalue weighted by molar-refractivity contribution is -0.196. The highest BCUT2D eigenvalue weighted by atomic mass is 16.6. The molecule has 0 unspecified atom stereocenters. The van der Waals surface area contributed by atoms with Crippen molar-refractivity contribution in [2.24, 2.45) is 0 Å². The van der Waals surface area contributed by atoms with E-state index >= 15 is 0 Å². The number of hydrogen-bond acceptors (Lipinski definition) is 4. The van der Waals surface area contributed by atoms with Crippen LogP contribution in [0.25, 0.3) is 0 Å². The molecule has 4 nitrogen and oxygen atoms in total. The van der Waals surface area contributed by atoms with E-state index in [-0.39, 0.29) is 12.2 Å². The summed E-state index contributed by atoms with van der Waals surface area (Å²) in [5, 5.41) is 0. The predicted octanol–water partition coefficient (Wildman–Crippen LogP) is 1.18. The summed E-state index contributed by atoms with van der Waals surface area (Å²) in [6.45, 7) is 0. The third-order valence-corrected chi connectivity index (χ3v) is 2.83. The van der Waals surface area contributed by atoms with Gasteiger partial charge in [0.2, 0.25) is 0 Å². The van der Waals surface area contributed by atoms with E-state index in [1.54, 1.807) is 0 Å². The summed E-state index contributed by atoms with van der Waals surface area (Å²) < 4.78 is 10.0. The van der Waals surface area contributed by atoms with Crippen molar-refractivity contribution in [2.75, 3.05) is 0 Å². The van der Waals surface area contributed by atoms with Gasteiger partial charge in [-0.1, -0.05) is 12.8 Å². The van der Waals surface area contributed by atoms with Gasteiger partial charge >= 0.3 is 11.9 Å². The topological polar surface area (TPSA) is 52.6 Å². The van der Waals surface area contributed by atoms with Crippen LogP contribution in [0.2, 0.25) is 0 Å². The Morgan fingerprint density at radius 2 is 1.21 bits per heavy atom. The summed E-state index contributed by atoms with van der Waals surface area (Å²) in [6, 6.07) is 0. The Hall–Kier alpha value is -1.06. The van der Waals surface area contributed by atoms with Gasteiger partial charge in [-0.05, 0) is 25.7 Å². The molecule has 1 aliphatic carbocycles. The molecule has 2 aliphatic rings. The van der Waals surface area contributed by atoms with Gasteiger partial charge in [0.05, 0.1) is 0 Å². The molecule has 0 bridgehead atoms. The summed E-state index contributed by atoms with van der Waals surface area (Å²) in [7, 11) is 0. The second-order valence-electron chi connectivity index (χ2n) is 3.88. The average Bonchev–Trinajstić information content (AvgIpc) is 2.13. The van der Waals surface area contributed by atoms with Crippen molar-refractivity contribution < 1.29 is 19.1 Å². The van der Waals surface area contributed by atoms with Gasteiger partial charge in [-0.2, -0.15) is 0 Å². The number of ether oxygens (including phenoxy) is 2. The highest BCUT2D eigenvalue weighted by Crippen LogP contribution is 2.25. The Balaban J connectivity index is 2.02. The van der Waals surface area contributed by atoms with Crippen LogP contribution in [0.1, 0.15) is 38.5 Å². The maximum atomic E-state index is 11.0. The van der Waals surface area contributed by atoms with E-state index in [1.807, 2.05) is 0 Å². The molecule has 2 fully saturated rings. The molecule has 0 N–H and O–H groups in total. The minimum absolute atomic E-state index is 0.194. The molecule has 0 amide bonds. The lowest BCUT2D eigenvalue weighted by Gasteiger charge is -2.31. The van der Waals surface area contributed by atoms with Crippen molar-refractivity contribution in [1.29, 1.82) is 0 Å². The van der Waals surface area contributed by atoms with Gasteiger partial charge in [0, 0.05) is 0 Å². The summed E-state index contributed by atoms with van der Waals surface area (Å²) in [5.41, 5.74) is 0. The predicted molar refractivity (Wildman–Crippen MR) is 47.5 cm³/mol. The Morgan fingerprint density at radius 1 is 0.786 bits per heavy atom. The van der Waals surface area contributed by atoms with Gasteiger partial charge in [-0.3, -0.25) is 0 Å². The summed E-state index contributed by atoms with van der Waals surface area (Å²) in [4.78, 5) is 21.9. The lowest BCUT2D eigenvalue weighted by atomic mass is 9.95. The first-order valence-electron chi connectivity index (χ1n) is 5.19. The molecular formula is C10H14O4. The SMILES string of the molecule is O=C1O[C@@H]2CCCCCC[C@H]2OC1=O. The molecule has 0 radical (unpaired) electrons. The van der Waals surface area contributed by atoms with Crippen molar-refractivity contribution in [1.82, 2.24) is 0 Å². The maximum absolute atomic E-state index is 11.0. The van der Waals surface area contributed by atoms with Crippen LogP contribution in [-0.4, -0.2) is 24.1 Å². The summed E-state index contributed by atoms with van der Waals surface area (Å²) in [5.74, 6) is -1.65. The standard InChI is InChI=1S/C10H14O4/c11-9-10(12)14-8-6-4-2-1-3-5-7(8)13-9/h7-8H,1-6H2/t7-,8-/m1/s1. The molecule has 2 rings (SSSR count). The molecule has 1 saturated heterocycles. The largest absolute Gasteiger partial charge is 0.450 e. The Labute approximate surface area is 82.6 Å². The van der Waals surface area contributed by atoms with E-state index in [2.05, 4.69) is 0 Å². The monoisotopic (exact) mass is 198 g/mol. The van der Waals surface area contributed by atoms with Crippen molar-refractivity contribution in [3.63, 3.8) is 0 Å². The fraction of sp³-hybridized carbons (Fsp3) is 0.800. The number of esters is 2. The highest BCUT2D eigenvalue weighted by molar-refractivity contribution is 6.30. The second-order valence-corrected chi connectivity index (χ2v) is 3.88. The van der Waals surface area contributed by atoms with Crippen molar-refractivity contribution in [2.45, 2.75) is 50.7 Å². The zero-order valence-electron chi connectivity index (χ0n) is 8.03. The van der Waals surface area contributed by atoms with E-state index in [0.717, 1.165) is 25.7 Å². The van der Waals surface area contributed by atoms with Gasteiger partial charge in [-0.25, -0.2) is 9.59 Å². The molecule has 1 saturated carbocycles. The number of hydrogen-bond donors (Lipinski definition) is 0. The fourth-order valence-electron chi connectivity index (χ4n) is 2.06. The number of fused-ring (bicyclic) bond motifs is 1. The summed E-state index contributed by atoms with van der Waals surface area (Å²) in [6.07, 6.45) is 5.70. The average molecular weight is 198 g/mol. The molecule has 0 aromatic carbocycles. The van der Waals surface area contributed by atoms with Crippen LogP contribution in [0.4, 0.5) is 0 Å². The third-order valence-electron chi connectivity index (χ3n) is 2.83. The van der Waals surface area contributed by atoms with Crippen LogP contribution in [-0.2, 0) is 19.1 Å². The van der Waals surface area contributed by atoms with Crippen molar-refractivity contribution >= 4 is 11.9 Å². The second kappa shape index (κ2) is 3.98. The molecule has 78 valence electrons. The quantitative estimate of drug-likeness (QED) is 0.433. The molecule has 4 heteroatoms. The van der Waals surface area contributed by atoms with E-state index < -0.39 is 11.9 Å². The Kier molecular flexibility index (Phi) is 2.70. The van der Waals surface area contributed by atoms with E-state index in [1.165, 1.54) is 12.8 Å². The first-order chi connectivity index (χ1) is 6.77. The van der Waals surface area contributed by atoms with Gasteiger partial charge in [0.25, 0.3) is 0 Å². The molecule has 0 spiro atoms. The zero-order chi connectivity index (χ0) is 9.97. The molecule has 14 heavy (non-hydrogen) atoms. The third kappa shape index (κ3) is 1.89. The van der Waals surface area contributed by atoms with E-state index in [4.69, 9.17) is 9.47 Å². The van der Waals surface area contributed by atoms with Crippen LogP contribution >= 0.6 is 0 Å². The first-order valence-corrected chi connectivity index (χ1v) is 5.19. The molecule has 0 aromatic heterocycles. The first kappa shape index (κ1) is 9.49. The highest BCUT2D eigenvalue weighted by Gasteiger charge is 2.37. The molecular weight excluding hydrogens is 184 g/mol. The Bertz CT molecular complexity index is 223. The lowest BCUT2D eigenvalue weighted by Crippen LogP contribution is -2.44. The smallest absolute Gasteiger partial charge is 0.417 e. The minimum atomic E-state index is -0.827. The van der Waals surface area contributed by atoms with Gasteiger partial charge in [-0.15, -0.1) is 0 Å². The number of carbonyl (C=O) groups excluding carboxylic acids is 2. The van der Waals surface area contributed by atoms with Gasteiger partial charge in [0.15, 0.2) is 0 Å². The van der Waals surface area contributed by atoms with E-state index in [0.29, 0.717) is 0 Å². The molecule has 1 heterocycles. The molecule has 2 atom stereocenters. The van der Waals surface area contributed by atoms with Crippen molar-refractivity contribution in [3.8, 4) is 0 Å². The van der Waals surface area contributed by atoms with E-state index in [9.17, 15) is 9.59 Å². The summed E-state index contributed by atoms with van der Waals surface area (Å²) >= 11 is 0. The normalized spacial score (nSPS) is 33.4. The zero-order valence-corrected chi connectivity index (χ0v) is 8.03. The number of carbonyl (C=O) groups is 2.